The van der Waals surface area contributed by atoms with Crippen molar-refractivity contribution in [3.8, 4) is 0 Å². The largest absolute Gasteiger partial charge is 0.382 e. The first kappa shape index (κ1) is 6.09. The summed E-state index contributed by atoms with van der Waals surface area (Å²) < 4.78 is 0. The summed E-state index contributed by atoms with van der Waals surface area (Å²) in [5.74, 6) is 0.922. The van der Waals surface area contributed by atoms with E-state index in [9.17, 15) is 0 Å². The van der Waals surface area contributed by atoms with Crippen molar-refractivity contribution in [1.29, 1.82) is 0 Å². The van der Waals surface area contributed by atoms with Gasteiger partial charge in [0.15, 0.2) is 0 Å². The minimum Gasteiger partial charge on any atom is -0.382 e. The maximum Gasteiger partial charge on any atom is 0.146 e. The summed E-state index contributed by atoms with van der Waals surface area (Å²) >= 11 is 0. The highest BCUT2D eigenvalue weighted by Gasteiger charge is 2.03. The van der Waals surface area contributed by atoms with Gasteiger partial charge in [-0.1, -0.05) is 0 Å². The van der Waals surface area contributed by atoms with Gasteiger partial charge in [0.2, 0.25) is 0 Å². The topological polar surface area (TPSA) is 28.3 Å². The van der Waals surface area contributed by atoms with Crippen LogP contribution in [0.25, 0.3) is 0 Å². The first-order chi connectivity index (χ1) is 5.47. The number of hydroxylamine groups is 1. The standard InChI is InChI=1S/C8H8N2O/c1-2-7-11-10(6-1)8-4-3-5-9-8/h1-7,9H. The van der Waals surface area contributed by atoms with Crippen molar-refractivity contribution in [1.82, 2.24) is 4.98 Å². The van der Waals surface area contributed by atoms with Crippen molar-refractivity contribution >= 4 is 5.82 Å². The van der Waals surface area contributed by atoms with Crippen LogP contribution in [0.2, 0.25) is 0 Å². The number of aromatic nitrogens is 1. The molecule has 0 unspecified atom stereocenters. The van der Waals surface area contributed by atoms with Crippen LogP contribution < -0.4 is 5.06 Å². The minimum atomic E-state index is 0.922. The van der Waals surface area contributed by atoms with Gasteiger partial charge in [-0.05, 0) is 24.3 Å². The minimum absolute atomic E-state index is 0.922. The van der Waals surface area contributed by atoms with E-state index in [0.29, 0.717) is 0 Å². The maximum atomic E-state index is 5.16. The molecule has 0 atom stereocenters. The number of hydrogen-bond donors (Lipinski definition) is 1. The Hall–Kier alpha value is -1.64. The van der Waals surface area contributed by atoms with Gasteiger partial charge < -0.3 is 9.82 Å². The average molecular weight is 148 g/mol. The summed E-state index contributed by atoms with van der Waals surface area (Å²) in [4.78, 5) is 8.18. The van der Waals surface area contributed by atoms with Crippen molar-refractivity contribution in [2.24, 2.45) is 0 Å². The molecule has 1 aliphatic rings. The Morgan fingerprint density at radius 1 is 1.36 bits per heavy atom. The fourth-order valence-corrected chi connectivity index (χ4v) is 0.904. The van der Waals surface area contributed by atoms with Gasteiger partial charge in [0.1, 0.15) is 12.1 Å². The molecule has 0 bridgehead atoms. The van der Waals surface area contributed by atoms with Crippen molar-refractivity contribution in [3.63, 3.8) is 0 Å². The third kappa shape index (κ3) is 1.12. The Labute approximate surface area is 64.5 Å². The van der Waals surface area contributed by atoms with Gasteiger partial charge in [-0.25, -0.2) is 0 Å². The van der Waals surface area contributed by atoms with Gasteiger partial charge in [0, 0.05) is 12.4 Å². The molecule has 0 radical (unpaired) electrons. The Kier molecular flexibility index (Phi) is 1.41. The van der Waals surface area contributed by atoms with Crippen LogP contribution in [0, 0.1) is 0 Å². The average Bonchev–Trinajstić information content (AvgIpc) is 2.58. The molecule has 3 heteroatoms. The molecular weight excluding hydrogens is 140 g/mol. The number of allylic oxidation sites excluding steroid dienone is 2. The zero-order chi connectivity index (χ0) is 7.52. The number of H-pyrrole nitrogens is 1. The van der Waals surface area contributed by atoms with Gasteiger partial charge in [-0.15, -0.1) is 0 Å². The number of hydrogen-bond acceptors (Lipinski definition) is 2. The maximum absolute atomic E-state index is 5.16. The second-order valence-corrected chi connectivity index (χ2v) is 2.16. The van der Waals surface area contributed by atoms with E-state index in [4.69, 9.17) is 4.84 Å². The quantitative estimate of drug-likeness (QED) is 0.657. The lowest BCUT2D eigenvalue weighted by Crippen LogP contribution is -2.14. The summed E-state index contributed by atoms with van der Waals surface area (Å²) in [6.07, 6.45) is 9.06. The Morgan fingerprint density at radius 2 is 2.36 bits per heavy atom. The summed E-state index contributed by atoms with van der Waals surface area (Å²) in [6.45, 7) is 0. The first-order valence-electron chi connectivity index (χ1n) is 3.39. The van der Waals surface area contributed by atoms with Crippen LogP contribution in [0.5, 0.6) is 0 Å². The number of nitrogens with zero attached hydrogens (tertiary/aromatic N) is 1. The van der Waals surface area contributed by atoms with E-state index in [1.807, 2.05) is 36.7 Å². The number of nitrogens with one attached hydrogen (secondary N) is 1. The molecule has 11 heavy (non-hydrogen) atoms. The predicted molar refractivity (Wildman–Crippen MR) is 42.6 cm³/mol. The van der Waals surface area contributed by atoms with E-state index in [0.717, 1.165) is 5.82 Å². The molecule has 0 saturated heterocycles. The highest BCUT2D eigenvalue weighted by molar-refractivity contribution is 5.40. The molecule has 1 aromatic rings. The van der Waals surface area contributed by atoms with E-state index >= 15 is 0 Å². The summed E-state index contributed by atoms with van der Waals surface area (Å²) in [5.41, 5.74) is 0. The molecule has 1 aromatic heterocycles. The molecule has 0 amide bonds. The lowest BCUT2D eigenvalue weighted by atomic mass is 10.5. The van der Waals surface area contributed by atoms with Crippen LogP contribution in [0.3, 0.4) is 0 Å². The summed E-state index contributed by atoms with van der Waals surface area (Å²) in [7, 11) is 0. The van der Waals surface area contributed by atoms with Crippen LogP contribution in [-0.4, -0.2) is 4.98 Å². The van der Waals surface area contributed by atoms with Crippen LogP contribution in [0.15, 0.2) is 42.9 Å². The molecule has 56 valence electrons. The van der Waals surface area contributed by atoms with Gasteiger partial charge >= 0.3 is 0 Å². The smallest absolute Gasteiger partial charge is 0.146 e. The van der Waals surface area contributed by atoms with Crippen LogP contribution in [-0.2, 0) is 4.84 Å². The van der Waals surface area contributed by atoms with Gasteiger partial charge in [-0.3, -0.25) is 0 Å². The third-order valence-corrected chi connectivity index (χ3v) is 1.40. The summed E-state index contributed by atoms with van der Waals surface area (Å²) in [6, 6.07) is 3.86. The SMILES string of the molecule is C1=CON(c2ccc[nH]2)C=C1. The third-order valence-electron chi connectivity index (χ3n) is 1.40. The number of aromatic amines is 1. The zero-order valence-corrected chi connectivity index (χ0v) is 5.90. The van der Waals surface area contributed by atoms with Gasteiger partial charge in [0.05, 0.1) is 0 Å². The van der Waals surface area contributed by atoms with E-state index in [2.05, 4.69) is 4.98 Å². The number of anilines is 1. The highest BCUT2D eigenvalue weighted by atomic mass is 16.7. The molecule has 0 saturated carbocycles. The summed E-state index contributed by atoms with van der Waals surface area (Å²) in [5, 5.41) is 1.65. The molecule has 1 aliphatic heterocycles. The molecular formula is C8H8N2O. The van der Waals surface area contributed by atoms with Gasteiger partial charge in [-0.2, -0.15) is 5.06 Å². The molecule has 0 fully saturated rings. The monoisotopic (exact) mass is 148 g/mol. The fourth-order valence-electron chi connectivity index (χ4n) is 0.904. The van der Waals surface area contributed by atoms with E-state index in [-0.39, 0.29) is 0 Å². The molecule has 3 nitrogen and oxygen atoms in total. The Balaban J connectivity index is 2.19. The normalized spacial score (nSPS) is 15.1. The van der Waals surface area contributed by atoms with Crippen molar-refractivity contribution < 1.29 is 4.84 Å². The highest BCUT2D eigenvalue weighted by Crippen LogP contribution is 2.13. The van der Waals surface area contributed by atoms with Crippen LogP contribution in [0.4, 0.5) is 5.82 Å². The predicted octanol–water partition coefficient (Wildman–Crippen LogP) is 1.79. The van der Waals surface area contributed by atoms with E-state index < -0.39 is 0 Å². The van der Waals surface area contributed by atoms with Crippen molar-refractivity contribution in [2.75, 3.05) is 5.06 Å². The second-order valence-electron chi connectivity index (χ2n) is 2.16. The zero-order valence-electron chi connectivity index (χ0n) is 5.90. The van der Waals surface area contributed by atoms with E-state index in [1.54, 1.807) is 11.3 Å². The fraction of sp³-hybridized carbons (Fsp3) is 0. The Bertz CT molecular complexity index is 274. The van der Waals surface area contributed by atoms with E-state index in [1.165, 1.54) is 0 Å². The number of rotatable bonds is 1. The Morgan fingerprint density at radius 3 is 3.00 bits per heavy atom. The van der Waals surface area contributed by atoms with Crippen LogP contribution >= 0.6 is 0 Å². The molecule has 0 aromatic carbocycles. The van der Waals surface area contributed by atoms with Crippen molar-refractivity contribution in [3.05, 3.63) is 42.9 Å². The lowest BCUT2D eigenvalue weighted by Gasteiger charge is -2.17. The molecule has 2 rings (SSSR count). The molecule has 1 N–H and O–H groups in total. The molecule has 0 spiro atoms. The van der Waals surface area contributed by atoms with Crippen LogP contribution in [0.1, 0.15) is 0 Å². The lowest BCUT2D eigenvalue weighted by molar-refractivity contribution is 0.243. The molecule has 0 aliphatic carbocycles. The second kappa shape index (κ2) is 2.54. The van der Waals surface area contributed by atoms with Crippen molar-refractivity contribution in [2.45, 2.75) is 0 Å². The molecule has 2 heterocycles. The van der Waals surface area contributed by atoms with Gasteiger partial charge in [0.25, 0.3) is 0 Å². The first-order valence-corrected chi connectivity index (χ1v) is 3.39.